The Hall–Kier alpha value is -3.20. The lowest BCUT2D eigenvalue weighted by atomic mass is 10.1. The summed E-state index contributed by atoms with van der Waals surface area (Å²) < 4.78 is 5.38. The average Bonchev–Trinajstić information content (AvgIpc) is 2.59. The van der Waals surface area contributed by atoms with Gasteiger partial charge in [-0.25, -0.2) is 0 Å². The van der Waals surface area contributed by atoms with E-state index < -0.39 is 27.1 Å². The first-order valence-corrected chi connectivity index (χ1v) is 7.35. The summed E-state index contributed by atoms with van der Waals surface area (Å²) in [7, 11) is 0. The molecule has 0 saturated heterocycles. The normalized spacial score (nSPS) is 9.73. The highest BCUT2D eigenvalue weighted by Crippen LogP contribution is 2.23. The van der Waals surface area contributed by atoms with Crippen molar-refractivity contribution in [1.29, 1.82) is 0 Å². The fourth-order valence-electron chi connectivity index (χ4n) is 1.93. The molecule has 138 valence electrons. The molecule has 0 heterocycles. The third kappa shape index (κ3) is 5.42. The van der Waals surface area contributed by atoms with Gasteiger partial charge in [0.15, 0.2) is 0 Å². The maximum atomic E-state index is 12.0. The SMILES string of the molecule is C.O=C(NCCOc1ccccc1Cl)c1cc([N+](=O)[O-])cc([N+](=O)[O-])c1. The Morgan fingerprint density at radius 2 is 1.65 bits per heavy atom. The molecule has 0 aliphatic carbocycles. The molecule has 0 saturated carbocycles. The van der Waals surface area contributed by atoms with Gasteiger partial charge in [0, 0.05) is 12.1 Å². The second-order valence-electron chi connectivity index (χ2n) is 4.79. The first-order chi connectivity index (χ1) is 11.9. The highest BCUT2D eigenvalue weighted by Gasteiger charge is 2.19. The number of non-ortho nitro benzene ring substituents is 2. The van der Waals surface area contributed by atoms with Crippen LogP contribution in [0.1, 0.15) is 17.8 Å². The van der Waals surface area contributed by atoms with E-state index in [9.17, 15) is 25.0 Å². The molecule has 9 nitrogen and oxygen atoms in total. The first kappa shape index (κ1) is 20.8. The van der Waals surface area contributed by atoms with Gasteiger partial charge in [0.25, 0.3) is 17.3 Å². The van der Waals surface area contributed by atoms with Crippen LogP contribution in [0.5, 0.6) is 5.75 Å². The first-order valence-electron chi connectivity index (χ1n) is 6.98. The van der Waals surface area contributed by atoms with E-state index in [4.69, 9.17) is 16.3 Å². The minimum absolute atomic E-state index is 0. The van der Waals surface area contributed by atoms with E-state index in [1.54, 1.807) is 24.3 Å². The Morgan fingerprint density at radius 3 is 2.19 bits per heavy atom. The summed E-state index contributed by atoms with van der Waals surface area (Å²) in [6.45, 7) is 0.188. The maximum absolute atomic E-state index is 12.0. The quantitative estimate of drug-likeness (QED) is 0.443. The highest BCUT2D eigenvalue weighted by atomic mass is 35.5. The van der Waals surface area contributed by atoms with Gasteiger partial charge in [-0.2, -0.15) is 0 Å². The van der Waals surface area contributed by atoms with Crippen LogP contribution in [0.15, 0.2) is 42.5 Å². The third-order valence-electron chi connectivity index (χ3n) is 3.07. The number of nitro groups is 2. The molecular formula is C16H16ClN3O6. The summed E-state index contributed by atoms with van der Waals surface area (Å²) in [6.07, 6.45) is 0. The zero-order chi connectivity index (χ0) is 18.4. The lowest BCUT2D eigenvalue weighted by molar-refractivity contribution is -0.394. The number of carbonyl (C=O) groups excluding carboxylic acids is 1. The number of carbonyl (C=O) groups is 1. The van der Waals surface area contributed by atoms with Gasteiger partial charge in [0.1, 0.15) is 12.4 Å². The molecular weight excluding hydrogens is 366 g/mol. The van der Waals surface area contributed by atoms with E-state index in [0.717, 1.165) is 18.2 Å². The fraction of sp³-hybridized carbons (Fsp3) is 0.188. The molecule has 0 aliphatic rings. The van der Waals surface area contributed by atoms with Crippen molar-refractivity contribution in [2.24, 2.45) is 0 Å². The summed E-state index contributed by atoms with van der Waals surface area (Å²) >= 11 is 5.92. The molecule has 0 aromatic heterocycles. The van der Waals surface area contributed by atoms with Crippen molar-refractivity contribution in [3.63, 3.8) is 0 Å². The predicted molar refractivity (Wildman–Crippen MR) is 95.8 cm³/mol. The molecule has 10 heteroatoms. The predicted octanol–water partition coefficient (Wildman–Crippen LogP) is 3.60. The second-order valence-corrected chi connectivity index (χ2v) is 5.19. The van der Waals surface area contributed by atoms with Crippen molar-refractivity contribution in [1.82, 2.24) is 5.32 Å². The standard InChI is InChI=1S/C15H12ClN3O6.CH4/c16-13-3-1-2-4-14(13)25-6-5-17-15(20)10-7-11(18(21)22)9-12(8-10)19(23)24;/h1-4,7-9H,5-6H2,(H,17,20);1H4. The average molecular weight is 382 g/mol. The molecule has 26 heavy (non-hydrogen) atoms. The smallest absolute Gasteiger partial charge is 0.277 e. The van der Waals surface area contributed by atoms with E-state index in [1.165, 1.54) is 0 Å². The van der Waals surface area contributed by atoms with E-state index in [-0.39, 0.29) is 26.1 Å². The Kier molecular flexibility index (Phi) is 7.48. The molecule has 2 rings (SSSR count). The van der Waals surface area contributed by atoms with Crippen molar-refractivity contribution in [2.75, 3.05) is 13.2 Å². The van der Waals surface area contributed by atoms with Crippen molar-refractivity contribution >= 4 is 28.9 Å². The molecule has 0 radical (unpaired) electrons. The van der Waals surface area contributed by atoms with Crippen LogP contribution in [-0.2, 0) is 0 Å². The second kappa shape index (κ2) is 9.33. The van der Waals surface area contributed by atoms with E-state index in [1.807, 2.05) is 0 Å². The van der Waals surface area contributed by atoms with Crippen LogP contribution in [0.25, 0.3) is 0 Å². The van der Waals surface area contributed by atoms with Crippen LogP contribution in [-0.4, -0.2) is 28.9 Å². The lowest BCUT2D eigenvalue weighted by Crippen LogP contribution is -2.28. The molecule has 0 aliphatic heterocycles. The number of nitrogens with one attached hydrogen (secondary N) is 1. The number of rotatable bonds is 7. The Labute approximate surface area is 153 Å². The Balaban J connectivity index is 0.00000338. The molecule has 2 aromatic rings. The number of nitro benzene ring substituents is 2. The van der Waals surface area contributed by atoms with Gasteiger partial charge in [-0.05, 0) is 12.1 Å². The van der Waals surface area contributed by atoms with Crippen LogP contribution in [0, 0.1) is 20.2 Å². The molecule has 0 unspecified atom stereocenters. The van der Waals surface area contributed by atoms with Crippen LogP contribution < -0.4 is 10.1 Å². The molecule has 1 amide bonds. The Morgan fingerprint density at radius 1 is 1.08 bits per heavy atom. The molecule has 0 spiro atoms. The summed E-state index contributed by atoms with van der Waals surface area (Å²) in [4.78, 5) is 32.1. The van der Waals surface area contributed by atoms with Crippen molar-refractivity contribution in [3.05, 3.63) is 73.3 Å². The number of halogens is 1. The van der Waals surface area contributed by atoms with Gasteiger partial charge in [0.05, 0.1) is 33.0 Å². The Bertz CT molecular complexity index is 795. The number of ether oxygens (including phenoxy) is 1. The van der Waals surface area contributed by atoms with Gasteiger partial charge in [-0.15, -0.1) is 0 Å². The van der Waals surface area contributed by atoms with Gasteiger partial charge < -0.3 is 10.1 Å². The summed E-state index contributed by atoms with van der Waals surface area (Å²) in [5.74, 6) is -0.237. The van der Waals surface area contributed by atoms with Crippen molar-refractivity contribution < 1.29 is 19.4 Å². The van der Waals surface area contributed by atoms with Crippen LogP contribution in [0.4, 0.5) is 11.4 Å². The van der Waals surface area contributed by atoms with E-state index in [0.29, 0.717) is 10.8 Å². The van der Waals surface area contributed by atoms with Gasteiger partial charge in [-0.1, -0.05) is 31.2 Å². The number of para-hydroxylation sites is 1. The largest absolute Gasteiger partial charge is 0.490 e. The van der Waals surface area contributed by atoms with E-state index >= 15 is 0 Å². The van der Waals surface area contributed by atoms with Crippen LogP contribution in [0.3, 0.4) is 0 Å². The summed E-state index contributed by atoms with van der Waals surface area (Å²) in [5, 5.41) is 24.5. The summed E-state index contributed by atoms with van der Waals surface area (Å²) in [5.41, 5.74) is -1.25. The van der Waals surface area contributed by atoms with Gasteiger partial charge >= 0.3 is 0 Å². The number of benzene rings is 2. The fourth-order valence-corrected chi connectivity index (χ4v) is 2.12. The van der Waals surface area contributed by atoms with Crippen LogP contribution >= 0.6 is 11.6 Å². The van der Waals surface area contributed by atoms with Crippen molar-refractivity contribution in [3.8, 4) is 5.75 Å². The summed E-state index contributed by atoms with van der Waals surface area (Å²) in [6, 6.07) is 9.52. The van der Waals surface area contributed by atoms with Crippen molar-refractivity contribution in [2.45, 2.75) is 7.43 Å². The van der Waals surface area contributed by atoms with Gasteiger partial charge in [-0.3, -0.25) is 25.0 Å². The lowest BCUT2D eigenvalue weighted by Gasteiger charge is -2.09. The number of amides is 1. The maximum Gasteiger partial charge on any atom is 0.277 e. The highest BCUT2D eigenvalue weighted by molar-refractivity contribution is 6.32. The van der Waals surface area contributed by atoms with E-state index in [2.05, 4.69) is 5.32 Å². The molecule has 0 atom stereocenters. The minimum Gasteiger partial charge on any atom is -0.490 e. The third-order valence-corrected chi connectivity index (χ3v) is 3.38. The molecule has 0 fully saturated rings. The topological polar surface area (TPSA) is 125 Å². The number of nitrogens with zero attached hydrogens (tertiary/aromatic N) is 2. The zero-order valence-corrected chi connectivity index (χ0v) is 13.4. The number of hydrogen-bond donors (Lipinski definition) is 1. The molecule has 2 aromatic carbocycles. The minimum atomic E-state index is -0.801. The number of hydrogen-bond acceptors (Lipinski definition) is 6. The van der Waals surface area contributed by atoms with Gasteiger partial charge in [0.2, 0.25) is 0 Å². The van der Waals surface area contributed by atoms with Crippen LogP contribution in [0.2, 0.25) is 5.02 Å². The monoisotopic (exact) mass is 381 g/mol. The molecule has 0 bridgehead atoms. The molecule has 1 N–H and O–H groups in total. The zero-order valence-electron chi connectivity index (χ0n) is 12.7.